The summed E-state index contributed by atoms with van der Waals surface area (Å²) in [7, 11) is 0. The molecule has 0 atom stereocenters. The van der Waals surface area contributed by atoms with Crippen molar-refractivity contribution in [3.05, 3.63) is 59.4 Å². The van der Waals surface area contributed by atoms with Gasteiger partial charge in [0.1, 0.15) is 0 Å². The number of anilines is 1. The topological polar surface area (TPSA) is 85.2 Å². The van der Waals surface area contributed by atoms with Gasteiger partial charge in [0.2, 0.25) is 5.91 Å². The van der Waals surface area contributed by atoms with E-state index in [1.807, 2.05) is 54.3 Å². The molecule has 0 bridgehead atoms. The summed E-state index contributed by atoms with van der Waals surface area (Å²) in [5.41, 5.74) is 14.7. The normalized spacial score (nSPS) is 10.8. The quantitative estimate of drug-likeness (QED) is 0.786. The average molecular weight is 284 g/mol. The van der Waals surface area contributed by atoms with Gasteiger partial charge in [-0.15, -0.1) is 0 Å². The van der Waals surface area contributed by atoms with E-state index < -0.39 is 0 Å². The van der Waals surface area contributed by atoms with E-state index in [9.17, 15) is 4.79 Å². The number of hydrogen-bond acceptors (Lipinski definition) is 4. The van der Waals surface area contributed by atoms with Crippen LogP contribution in [-0.4, -0.2) is 22.3 Å². The van der Waals surface area contributed by atoms with Crippen LogP contribution in [0.2, 0.25) is 0 Å². The number of aromatic nitrogens is 1. The zero-order chi connectivity index (χ0) is 15.2. The lowest BCUT2D eigenvalue weighted by Crippen LogP contribution is -2.33. The van der Waals surface area contributed by atoms with E-state index in [2.05, 4.69) is 4.98 Å². The second kappa shape index (κ2) is 6.85. The summed E-state index contributed by atoms with van der Waals surface area (Å²) in [6.45, 7) is 3.34. The summed E-state index contributed by atoms with van der Waals surface area (Å²) in [4.78, 5) is 17.7. The van der Waals surface area contributed by atoms with Crippen LogP contribution >= 0.6 is 0 Å². The van der Waals surface area contributed by atoms with E-state index in [4.69, 9.17) is 11.5 Å². The highest BCUT2D eigenvalue weighted by Crippen LogP contribution is 2.11. The van der Waals surface area contributed by atoms with Crippen LogP contribution in [-0.2, 0) is 17.9 Å². The van der Waals surface area contributed by atoms with E-state index in [-0.39, 0.29) is 12.5 Å². The largest absolute Gasteiger partial charge is 0.399 e. The number of nitrogen functional groups attached to an aromatic ring is 1. The molecule has 0 spiro atoms. The predicted octanol–water partition coefficient (Wildman–Crippen LogP) is 1.46. The molecule has 0 fully saturated rings. The smallest absolute Gasteiger partial charge is 0.231 e. The molecule has 4 N–H and O–H groups in total. The molecule has 0 saturated heterocycles. The van der Waals surface area contributed by atoms with Crippen LogP contribution in [0.5, 0.6) is 0 Å². The molecule has 2 aromatic rings. The van der Waals surface area contributed by atoms with Gasteiger partial charge >= 0.3 is 0 Å². The highest BCUT2D eigenvalue weighted by atomic mass is 16.1. The van der Waals surface area contributed by atoms with Crippen LogP contribution in [0.1, 0.15) is 17.0 Å². The number of nitrogens with zero attached hydrogens (tertiary/aromatic N) is 2. The van der Waals surface area contributed by atoms with E-state index in [0.717, 1.165) is 22.6 Å². The Bertz CT molecular complexity index is 610. The molecule has 5 nitrogen and oxygen atoms in total. The zero-order valence-corrected chi connectivity index (χ0v) is 12.1. The van der Waals surface area contributed by atoms with Gasteiger partial charge in [-0.2, -0.15) is 0 Å². The summed E-state index contributed by atoms with van der Waals surface area (Å²) in [6.07, 6.45) is 0. The van der Waals surface area contributed by atoms with Gasteiger partial charge in [0.05, 0.1) is 12.2 Å². The third kappa shape index (κ3) is 4.89. The molecule has 0 saturated carbocycles. The number of rotatable bonds is 6. The lowest BCUT2D eigenvalue weighted by atomic mass is 10.2. The summed E-state index contributed by atoms with van der Waals surface area (Å²) in [5.74, 6) is -0.349. The number of hydrogen-bond donors (Lipinski definition) is 2. The Morgan fingerprint density at radius 3 is 2.48 bits per heavy atom. The monoisotopic (exact) mass is 284 g/mol. The fraction of sp³-hybridized carbons (Fsp3) is 0.250. The first-order chi connectivity index (χ1) is 10.0. The SMILES string of the molecule is Cc1cccc(CN(CC(N)=O)Cc2ccc(N)cc2)n1. The van der Waals surface area contributed by atoms with Gasteiger partial charge in [-0.3, -0.25) is 14.7 Å². The molecule has 0 aliphatic carbocycles. The summed E-state index contributed by atoms with van der Waals surface area (Å²) in [5, 5.41) is 0. The molecule has 5 heteroatoms. The van der Waals surface area contributed by atoms with Crippen LogP contribution in [0.25, 0.3) is 0 Å². The molecule has 110 valence electrons. The van der Waals surface area contributed by atoms with Crippen LogP contribution in [0.15, 0.2) is 42.5 Å². The minimum Gasteiger partial charge on any atom is -0.399 e. The number of nitrogens with two attached hydrogens (primary N) is 2. The Balaban J connectivity index is 2.10. The molecule has 0 unspecified atom stereocenters. The second-order valence-corrected chi connectivity index (χ2v) is 5.12. The van der Waals surface area contributed by atoms with Crippen LogP contribution in [0.4, 0.5) is 5.69 Å². The van der Waals surface area contributed by atoms with Crippen LogP contribution in [0.3, 0.4) is 0 Å². The van der Waals surface area contributed by atoms with Gasteiger partial charge in [0.15, 0.2) is 0 Å². The zero-order valence-electron chi connectivity index (χ0n) is 12.1. The lowest BCUT2D eigenvalue weighted by Gasteiger charge is -2.20. The Labute approximate surface area is 124 Å². The Morgan fingerprint density at radius 1 is 1.14 bits per heavy atom. The molecular formula is C16H20N4O. The number of primary amides is 1. The summed E-state index contributed by atoms with van der Waals surface area (Å²) >= 11 is 0. The molecule has 21 heavy (non-hydrogen) atoms. The molecule has 0 aliphatic rings. The van der Waals surface area contributed by atoms with Crippen molar-refractivity contribution in [1.82, 2.24) is 9.88 Å². The maximum absolute atomic E-state index is 11.3. The second-order valence-electron chi connectivity index (χ2n) is 5.12. The van der Waals surface area contributed by atoms with Gasteiger partial charge in [0.25, 0.3) is 0 Å². The van der Waals surface area contributed by atoms with E-state index in [0.29, 0.717) is 13.1 Å². The van der Waals surface area contributed by atoms with Crippen molar-refractivity contribution >= 4 is 11.6 Å². The van der Waals surface area contributed by atoms with E-state index in [1.54, 1.807) is 0 Å². The first kappa shape index (κ1) is 15.0. The predicted molar refractivity (Wildman–Crippen MR) is 83.1 cm³/mol. The Morgan fingerprint density at radius 2 is 1.86 bits per heavy atom. The lowest BCUT2D eigenvalue weighted by molar-refractivity contribution is -0.119. The fourth-order valence-corrected chi connectivity index (χ4v) is 2.19. The molecule has 1 aromatic carbocycles. The van der Waals surface area contributed by atoms with Crippen molar-refractivity contribution < 1.29 is 4.79 Å². The number of carbonyl (C=O) groups excluding carboxylic acids is 1. The first-order valence-electron chi connectivity index (χ1n) is 6.80. The van der Waals surface area contributed by atoms with Gasteiger partial charge < -0.3 is 11.5 Å². The molecule has 2 rings (SSSR count). The molecule has 0 aliphatic heterocycles. The standard InChI is InChI=1S/C16H20N4O/c1-12-3-2-4-15(19-12)10-20(11-16(18)21)9-13-5-7-14(17)8-6-13/h2-8H,9-11,17H2,1H3,(H2,18,21). The highest BCUT2D eigenvalue weighted by molar-refractivity contribution is 5.75. The number of aryl methyl sites for hydroxylation is 1. The highest BCUT2D eigenvalue weighted by Gasteiger charge is 2.11. The molecule has 0 radical (unpaired) electrons. The molecule has 1 heterocycles. The molecular weight excluding hydrogens is 264 g/mol. The van der Waals surface area contributed by atoms with Crippen molar-refractivity contribution in [2.75, 3.05) is 12.3 Å². The average Bonchev–Trinajstić information content (AvgIpc) is 2.40. The number of carbonyl (C=O) groups is 1. The maximum atomic E-state index is 11.3. The van der Waals surface area contributed by atoms with Crippen molar-refractivity contribution in [3.8, 4) is 0 Å². The van der Waals surface area contributed by atoms with E-state index in [1.165, 1.54) is 0 Å². The minimum absolute atomic E-state index is 0.194. The molecule has 1 amide bonds. The third-order valence-electron chi connectivity index (χ3n) is 3.10. The van der Waals surface area contributed by atoms with Crippen molar-refractivity contribution in [2.24, 2.45) is 5.73 Å². The van der Waals surface area contributed by atoms with Gasteiger partial charge in [0, 0.05) is 24.5 Å². The van der Waals surface area contributed by atoms with Crippen LogP contribution in [0, 0.1) is 6.92 Å². The van der Waals surface area contributed by atoms with Gasteiger partial charge in [-0.25, -0.2) is 0 Å². The maximum Gasteiger partial charge on any atom is 0.231 e. The van der Waals surface area contributed by atoms with Crippen molar-refractivity contribution in [1.29, 1.82) is 0 Å². The number of benzene rings is 1. The molecule has 1 aromatic heterocycles. The summed E-state index contributed by atoms with van der Waals surface area (Å²) < 4.78 is 0. The van der Waals surface area contributed by atoms with E-state index >= 15 is 0 Å². The minimum atomic E-state index is -0.349. The van der Waals surface area contributed by atoms with Crippen molar-refractivity contribution in [2.45, 2.75) is 20.0 Å². The Kier molecular flexibility index (Phi) is 4.90. The summed E-state index contributed by atoms with van der Waals surface area (Å²) in [6, 6.07) is 13.5. The van der Waals surface area contributed by atoms with Crippen LogP contribution < -0.4 is 11.5 Å². The third-order valence-corrected chi connectivity index (χ3v) is 3.10. The number of pyridine rings is 1. The number of amides is 1. The van der Waals surface area contributed by atoms with Crippen molar-refractivity contribution in [3.63, 3.8) is 0 Å². The Hall–Kier alpha value is -2.40. The fourth-order valence-electron chi connectivity index (χ4n) is 2.19. The first-order valence-corrected chi connectivity index (χ1v) is 6.80. The van der Waals surface area contributed by atoms with Gasteiger partial charge in [-0.05, 0) is 36.8 Å². The van der Waals surface area contributed by atoms with Gasteiger partial charge in [-0.1, -0.05) is 18.2 Å².